The van der Waals surface area contributed by atoms with Crippen LogP contribution in [0.4, 0.5) is 0 Å². The summed E-state index contributed by atoms with van der Waals surface area (Å²) >= 11 is 12.1. The zero-order chi connectivity index (χ0) is 13.9. The second-order valence-corrected chi connectivity index (χ2v) is 6.07. The maximum Gasteiger partial charge on any atom is 0.173 e. The SMILES string of the molecule is Clc1cnc(CN2CCCCC2C2OCCO2)c(Cl)c1. The van der Waals surface area contributed by atoms with E-state index in [2.05, 4.69) is 9.88 Å². The molecule has 2 aliphatic heterocycles. The van der Waals surface area contributed by atoms with Crippen molar-refractivity contribution in [3.63, 3.8) is 0 Å². The molecule has 0 amide bonds. The fourth-order valence-corrected chi connectivity index (χ4v) is 3.31. The first-order chi connectivity index (χ1) is 9.74. The van der Waals surface area contributed by atoms with Gasteiger partial charge in [-0.05, 0) is 25.5 Å². The monoisotopic (exact) mass is 316 g/mol. The van der Waals surface area contributed by atoms with Crippen molar-refractivity contribution < 1.29 is 9.47 Å². The molecule has 0 spiro atoms. The van der Waals surface area contributed by atoms with Crippen LogP contribution in [0.1, 0.15) is 25.0 Å². The third-order valence-corrected chi connectivity index (χ3v) is 4.40. The Balaban J connectivity index is 1.72. The zero-order valence-corrected chi connectivity index (χ0v) is 12.7. The average molecular weight is 317 g/mol. The van der Waals surface area contributed by atoms with E-state index in [4.69, 9.17) is 32.7 Å². The Labute approximate surface area is 129 Å². The van der Waals surface area contributed by atoms with Gasteiger partial charge in [-0.3, -0.25) is 9.88 Å². The molecule has 110 valence electrons. The lowest BCUT2D eigenvalue weighted by Crippen LogP contribution is -2.46. The van der Waals surface area contributed by atoms with Crippen LogP contribution in [0, 0.1) is 0 Å². The summed E-state index contributed by atoms with van der Waals surface area (Å²) < 4.78 is 11.3. The summed E-state index contributed by atoms with van der Waals surface area (Å²) in [5.74, 6) is 0. The maximum absolute atomic E-state index is 6.22. The number of pyridine rings is 1. The normalized spacial score (nSPS) is 25.2. The molecule has 0 bridgehead atoms. The van der Waals surface area contributed by atoms with Gasteiger partial charge >= 0.3 is 0 Å². The molecule has 1 unspecified atom stereocenters. The fraction of sp³-hybridized carbons (Fsp3) is 0.643. The molecule has 0 radical (unpaired) electrons. The van der Waals surface area contributed by atoms with Gasteiger partial charge in [-0.1, -0.05) is 29.6 Å². The Hall–Kier alpha value is -0.390. The van der Waals surface area contributed by atoms with E-state index in [9.17, 15) is 0 Å². The van der Waals surface area contributed by atoms with Crippen molar-refractivity contribution in [1.29, 1.82) is 0 Å². The molecule has 20 heavy (non-hydrogen) atoms. The van der Waals surface area contributed by atoms with Gasteiger partial charge in [0.1, 0.15) is 0 Å². The van der Waals surface area contributed by atoms with Crippen LogP contribution in [-0.2, 0) is 16.0 Å². The average Bonchev–Trinajstić information content (AvgIpc) is 2.96. The number of rotatable bonds is 3. The van der Waals surface area contributed by atoms with Crippen molar-refractivity contribution in [3.05, 3.63) is 28.0 Å². The summed E-state index contributed by atoms with van der Waals surface area (Å²) in [6.07, 6.45) is 5.03. The highest BCUT2D eigenvalue weighted by molar-refractivity contribution is 6.34. The van der Waals surface area contributed by atoms with Gasteiger partial charge < -0.3 is 9.47 Å². The van der Waals surface area contributed by atoms with E-state index in [1.807, 2.05) is 0 Å². The molecule has 2 saturated heterocycles. The second-order valence-electron chi connectivity index (χ2n) is 5.23. The van der Waals surface area contributed by atoms with Gasteiger partial charge in [-0.2, -0.15) is 0 Å². The summed E-state index contributed by atoms with van der Waals surface area (Å²) in [7, 11) is 0. The topological polar surface area (TPSA) is 34.6 Å². The van der Waals surface area contributed by atoms with E-state index in [-0.39, 0.29) is 6.29 Å². The molecule has 3 rings (SSSR count). The smallest absolute Gasteiger partial charge is 0.173 e. The summed E-state index contributed by atoms with van der Waals surface area (Å²) in [6, 6.07) is 2.03. The molecular formula is C14H18Cl2N2O2. The number of likely N-dealkylation sites (tertiary alicyclic amines) is 1. The van der Waals surface area contributed by atoms with E-state index in [1.165, 1.54) is 12.8 Å². The number of hydrogen-bond donors (Lipinski definition) is 0. The highest BCUT2D eigenvalue weighted by Crippen LogP contribution is 2.27. The van der Waals surface area contributed by atoms with Crippen LogP contribution in [0.2, 0.25) is 10.0 Å². The van der Waals surface area contributed by atoms with E-state index < -0.39 is 0 Å². The van der Waals surface area contributed by atoms with Gasteiger partial charge in [0.15, 0.2) is 6.29 Å². The highest BCUT2D eigenvalue weighted by atomic mass is 35.5. The van der Waals surface area contributed by atoms with Gasteiger partial charge in [0.25, 0.3) is 0 Å². The number of nitrogens with zero attached hydrogens (tertiary/aromatic N) is 2. The van der Waals surface area contributed by atoms with Gasteiger partial charge in [-0.25, -0.2) is 0 Å². The minimum absolute atomic E-state index is 0.110. The molecule has 4 nitrogen and oxygen atoms in total. The van der Waals surface area contributed by atoms with Crippen LogP contribution in [0.25, 0.3) is 0 Å². The first kappa shape index (κ1) is 14.5. The van der Waals surface area contributed by atoms with Gasteiger partial charge in [0.2, 0.25) is 0 Å². The van der Waals surface area contributed by atoms with Gasteiger partial charge in [0, 0.05) is 12.7 Å². The van der Waals surface area contributed by atoms with Crippen molar-refractivity contribution in [2.45, 2.75) is 38.1 Å². The minimum atomic E-state index is -0.110. The Kier molecular flexibility index (Phi) is 4.79. The number of hydrogen-bond acceptors (Lipinski definition) is 4. The quantitative estimate of drug-likeness (QED) is 0.858. The molecule has 0 saturated carbocycles. The summed E-state index contributed by atoms with van der Waals surface area (Å²) in [4.78, 5) is 6.71. The van der Waals surface area contributed by atoms with Crippen molar-refractivity contribution in [2.75, 3.05) is 19.8 Å². The predicted molar refractivity (Wildman–Crippen MR) is 78.0 cm³/mol. The summed E-state index contributed by atoms with van der Waals surface area (Å²) in [5.41, 5.74) is 0.862. The van der Waals surface area contributed by atoms with Gasteiger partial charge in [-0.15, -0.1) is 0 Å². The molecular weight excluding hydrogens is 299 g/mol. The summed E-state index contributed by atoms with van der Waals surface area (Å²) in [6.45, 7) is 3.11. The zero-order valence-electron chi connectivity index (χ0n) is 11.2. The van der Waals surface area contributed by atoms with Gasteiger partial charge in [0.05, 0.1) is 35.0 Å². The van der Waals surface area contributed by atoms with Crippen LogP contribution < -0.4 is 0 Å². The number of ether oxygens (including phenoxy) is 2. The number of aromatic nitrogens is 1. The number of piperidine rings is 1. The molecule has 1 aromatic rings. The Morgan fingerprint density at radius 3 is 2.80 bits per heavy atom. The Bertz CT molecular complexity index is 466. The van der Waals surface area contributed by atoms with Crippen LogP contribution in [0.15, 0.2) is 12.3 Å². The first-order valence-corrected chi connectivity index (χ1v) is 7.77. The first-order valence-electron chi connectivity index (χ1n) is 7.01. The third kappa shape index (κ3) is 3.26. The fourth-order valence-electron chi connectivity index (χ4n) is 2.87. The van der Waals surface area contributed by atoms with E-state index in [0.717, 1.165) is 18.7 Å². The number of halogens is 2. The molecule has 0 N–H and O–H groups in total. The van der Waals surface area contributed by atoms with Crippen molar-refractivity contribution >= 4 is 23.2 Å². The lowest BCUT2D eigenvalue weighted by Gasteiger charge is -2.37. The standard InChI is InChI=1S/C14H18Cl2N2O2/c15-10-7-11(16)12(17-8-10)9-18-4-2-1-3-13(18)14-19-5-6-20-14/h7-8,13-14H,1-6,9H2. The minimum Gasteiger partial charge on any atom is -0.349 e. The highest BCUT2D eigenvalue weighted by Gasteiger charge is 2.34. The lowest BCUT2D eigenvalue weighted by atomic mass is 10.0. The Morgan fingerprint density at radius 2 is 2.05 bits per heavy atom. The van der Waals surface area contributed by atoms with E-state index in [1.54, 1.807) is 12.3 Å². The molecule has 0 aromatic carbocycles. The van der Waals surface area contributed by atoms with Crippen molar-refractivity contribution in [3.8, 4) is 0 Å². The van der Waals surface area contributed by atoms with Crippen molar-refractivity contribution in [1.82, 2.24) is 9.88 Å². The molecule has 2 fully saturated rings. The van der Waals surface area contributed by atoms with Crippen LogP contribution in [0.5, 0.6) is 0 Å². The van der Waals surface area contributed by atoms with Crippen LogP contribution >= 0.6 is 23.2 Å². The van der Waals surface area contributed by atoms with E-state index in [0.29, 0.717) is 35.8 Å². The van der Waals surface area contributed by atoms with Crippen molar-refractivity contribution in [2.24, 2.45) is 0 Å². The van der Waals surface area contributed by atoms with E-state index >= 15 is 0 Å². The molecule has 2 aliphatic rings. The van der Waals surface area contributed by atoms with Crippen LogP contribution in [-0.4, -0.2) is 42.0 Å². The molecule has 0 aliphatic carbocycles. The second kappa shape index (κ2) is 6.58. The van der Waals surface area contributed by atoms with Crippen LogP contribution in [0.3, 0.4) is 0 Å². The molecule has 3 heterocycles. The predicted octanol–water partition coefficient (Wildman–Crippen LogP) is 3.12. The molecule has 1 atom stereocenters. The lowest BCUT2D eigenvalue weighted by molar-refractivity contribution is -0.111. The largest absolute Gasteiger partial charge is 0.349 e. The summed E-state index contributed by atoms with van der Waals surface area (Å²) in [5, 5.41) is 1.19. The third-order valence-electron chi connectivity index (χ3n) is 3.86. The molecule has 6 heteroatoms. The molecule has 1 aromatic heterocycles. The maximum atomic E-state index is 6.22. The Morgan fingerprint density at radius 1 is 1.25 bits per heavy atom.